The molecule has 0 saturated carbocycles. The standard InChI is InChI=1S/C23H26F3N5O5S/c24-20-12-16(22(32)27-28-23(33)21(25)26)6-7-17(20)13-31(18-4-2-1-3-5-18)37(34,35)30-10-8-29(9-11-30)19-14-36-15-19/h1-7,12,19,21H,8-11,13-15H2,(H,27,32)(H,28,33). The maximum absolute atomic E-state index is 15.0. The SMILES string of the molecule is O=C(NNC(=O)C(F)F)c1ccc(CN(c2ccccc2)S(=O)(=O)N2CCN(C3COC3)CC2)c(F)c1. The molecule has 0 atom stereocenters. The highest BCUT2D eigenvalue weighted by Gasteiger charge is 2.36. The van der Waals surface area contributed by atoms with E-state index in [4.69, 9.17) is 4.74 Å². The Morgan fingerprint density at radius 2 is 1.70 bits per heavy atom. The molecule has 2 aliphatic heterocycles. The third-order valence-electron chi connectivity index (χ3n) is 6.19. The predicted molar refractivity (Wildman–Crippen MR) is 127 cm³/mol. The van der Waals surface area contributed by atoms with Crippen LogP contribution in [0.5, 0.6) is 0 Å². The number of alkyl halides is 2. The van der Waals surface area contributed by atoms with Gasteiger partial charge in [0.05, 0.1) is 31.5 Å². The maximum atomic E-state index is 15.0. The summed E-state index contributed by atoms with van der Waals surface area (Å²) in [4.78, 5) is 25.2. The molecule has 2 N–H and O–H groups in total. The molecule has 10 nitrogen and oxygen atoms in total. The average molecular weight is 542 g/mol. The largest absolute Gasteiger partial charge is 0.378 e. The van der Waals surface area contributed by atoms with E-state index in [-0.39, 0.29) is 30.8 Å². The first-order valence-corrected chi connectivity index (χ1v) is 12.9. The zero-order valence-corrected chi connectivity index (χ0v) is 20.5. The van der Waals surface area contributed by atoms with E-state index < -0.39 is 34.3 Å². The van der Waals surface area contributed by atoms with E-state index >= 15 is 0 Å². The minimum atomic E-state index is -4.04. The first kappa shape index (κ1) is 26.9. The van der Waals surface area contributed by atoms with Crippen LogP contribution in [0.25, 0.3) is 0 Å². The van der Waals surface area contributed by atoms with E-state index in [2.05, 4.69) is 4.90 Å². The molecule has 2 aromatic rings. The van der Waals surface area contributed by atoms with Crippen molar-refractivity contribution in [3.63, 3.8) is 0 Å². The molecule has 0 bridgehead atoms. The van der Waals surface area contributed by atoms with Crippen LogP contribution in [0, 0.1) is 5.82 Å². The van der Waals surface area contributed by atoms with Crippen molar-refractivity contribution in [2.24, 2.45) is 0 Å². The second-order valence-corrected chi connectivity index (χ2v) is 10.4. The Kier molecular flexibility index (Phi) is 8.32. The molecular formula is C23H26F3N5O5S. The predicted octanol–water partition coefficient (Wildman–Crippen LogP) is 1.12. The van der Waals surface area contributed by atoms with Crippen molar-refractivity contribution >= 4 is 27.7 Å². The van der Waals surface area contributed by atoms with Crippen molar-refractivity contribution in [3.8, 4) is 0 Å². The van der Waals surface area contributed by atoms with Crippen LogP contribution in [0.2, 0.25) is 0 Å². The van der Waals surface area contributed by atoms with E-state index in [9.17, 15) is 31.2 Å². The van der Waals surface area contributed by atoms with Crippen molar-refractivity contribution in [1.29, 1.82) is 0 Å². The van der Waals surface area contributed by atoms with Gasteiger partial charge in [-0.15, -0.1) is 0 Å². The van der Waals surface area contributed by atoms with Gasteiger partial charge in [0, 0.05) is 37.3 Å². The van der Waals surface area contributed by atoms with E-state index in [0.29, 0.717) is 38.0 Å². The minimum Gasteiger partial charge on any atom is -0.378 e. The molecular weight excluding hydrogens is 515 g/mol. The van der Waals surface area contributed by atoms with Gasteiger partial charge in [0.2, 0.25) is 0 Å². The first-order chi connectivity index (χ1) is 17.7. The molecule has 2 saturated heterocycles. The summed E-state index contributed by atoms with van der Waals surface area (Å²) in [7, 11) is -4.04. The molecule has 0 spiro atoms. The second kappa shape index (κ2) is 11.5. The van der Waals surface area contributed by atoms with Crippen molar-refractivity contribution in [1.82, 2.24) is 20.1 Å². The number of nitrogens with one attached hydrogen (secondary N) is 2. The summed E-state index contributed by atoms with van der Waals surface area (Å²) >= 11 is 0. The number of anilines is 1. The van der Waals surface area contributed by atoms with Gasteiger partial charge in [-0.25, -0.2) is 4.39 Å². The normalized spacial score (nSPS) is 17.3. The summed E-state index contributed by atoms with van der Waals surface area (Å²) in [6.07, 6.45) is -3.33. The second-order valence-electron chi connectivity index (χ2n) is 8.53. The van der Waals surface area contributed by atoms with Crippen LogP contribution >= 0.6 is 0 Å². The van der Waals surface area contributed by atoms with Gasteiger partial charge in [0.25, 0.3) is 5.91 Å². The number of carbonyl (C=O) groups excluding carboxylic acids is 2. The highest BCUT2D eigenvalue weighted by molar-refractivity contribution is 7.90. The van der Waals surface area contributed by atoms with Gasteiger partial charge < -0.3 is 4.74 Å². The third-order valence-corrected chi connectivity index (χ3v) is 8.10. The van der Waals surface area contributed by atoms with Gasteiger partial charge in [-0.05, 0) is 24.3 Å². The lowest BCUT2D eigenvalue weighted by atomic mass is 10.1. The zero-order chi connectivity index (χ0) is 26.6. The van der Waals surface area contributed by atoms with Gasteiger partial charge in [0.15, 0.2) is 0 Å². The van der Waals surface area contributed by atoms with Crippen LogP contribution < -0.4 is 15.2 Å². The van der Waals surface area contributed by atoms with Crippen LogP contribution in [0.3, 0.4) is 0 Å². The fourth-order valence-corrected chi connectivity index (χ4v) is 5.58. The number of para-hydroxylation sites is 1. The summed E-state index contributed by atoms with van der Waals surface area (Å²) in [6, 6.07) is 11.9. The Morgan fingerprint density at radius 1 is 1.03 bits per heavy atom. The Balaban J connectivity index is 1.51. The van der Waals surface area contributed by atoms with Gasteiger partial charge in [-0.1, -0.05) is 24.3 Å². The number of benzene rings is 2. The number of ether oxygens (including phenoxy) is 1. The van der Waals surface area contributed by atoms with E-state index in [1.807, 2.05) is 0 Å². The Hall–Kier alpha value is -3.20. The van der Waals surface area contributed by atoms with Gasteiger partial charge in [-0.2, -0.15) is 21.5 Å². The number of rotatable bonds is 8. The molecule has 2 aliphatic rings. The quantitative estimate of drug-likeness (QED) is 0.485. The molecule has 0 radical (unpaired) electrons. The number of carbonyl (C=O) groups is 2. The molecule has 14 heteroatoms. The fraction of sp³-hybridized carbons (Fsp3) is 0.391. The first-order valence-electron chi connectivity index (χ1n) is 11.5. The Morgan fingerprint density at radius 3 is 2.27 bits per heavy atom. The smallest absolute Gasteiger partial charge is 0.317 e. The number of hydrogen-bond acceptors (Lipinski definition) is 6. The lowest BCUT2D eigenvalue weighted by molar-refractivity contribution is -0.132. The molecule has 0 aromatic heterocycles. The molecule has 0 aliphatic carbocycles. The molecule has 2 fully saturated rings. The molecule has 4 rings (SSSR count). The van der Waals surface area contributed by atoms with Crippen LogP contribution in [-0.2, 0) is 26.3 Å². The molecule has 0 unspecified atom stereocenters. The summed E-state index contributed by atoms with van der Waals surface area (Å²) in [6.45, 7) is 2.57. The Labute approximate surface area is 212 Å². The van der Waals surface area contributed by atoms with E-state index in [1.54, 1.807) is 35.8 Å². The van der Waals surface area contributed by atoms with Crippen LogP contribution in [0.4, 0.5) is 18.9 Å². The van der Waals surface area contributed by atoms with E-state index in [1.165, 1.54) is 21.9 Å². The van der Waals surface area contributed by atoms with Crippen molar-refractivity contribution in [2.45, 2.75) is 19.0 Å². The van der Waals surface area contributed by atoms with Gasteiger partial charge in [0.1, 0.15) is 5.82 Å². The highest BCUT2D eigenvalue weighted by atomic mass is 32.2. The number of hydrogen-bond donors (Lipinski definition) is 2. The number of halogens is 3. The Bertz CT molecular complexity index is 1220. The number of amides is 2. The van der Waals surface area contributed by atoms with Gasteiger partial charge in [-0.3, -0.25) is 29.6 Å². The number of hydrazine groups is 1. The van der Waals surface area contributed by atoms with Crippen LogP contribution in [-0.4, -0.2) is 81.3 Å². The summed E-state index contributed by atoms with van der Waals surface area (Å²) < 4.78 is 74.6. The third kappa shape index (κ3) is 6.21. The summed E-state index contributed by atoms with van der Waals surface area (Å²) in [5.74, 6) is -3.60. The molecule has 2 amide bonds. The average Bonchev–Trinajstić information content (AvgIpc) is 2.86. The van der Waals surface area contributed by atoms with Gasteiger partial charge >= 0.3 is 22.5 Å². The topological polar surface area (TPSA) is 111 Å². The zero-order valence-electron chi connectivity index (χ0n) is 19.6. The highest BCUT2D eigenvalue weighted by Crippen LogP contribution is 2.26. The lowest BCUT2D eigenvalue weighted by Gasteiger charge is -2.43. The summed E-state index contributed by atoms with van der Waals surface area (Å²) in [5.41, 5.74) is 3.38. The van der Waals surface area contributed by atoms with Crippen molar-refractivity contribution in [3.05, 3.63) is 65.5 Å². The molecule has 2 aromatic carbocycles. The molecule has 2 heterocycles. The summed E-state index contributed by atoms with van der Waals surface area (Å²) in [5, 5.41) is 0. The molecule has 200 valence electrons. The van der Waals surface area contributed by atoms with E-state index in [0.717, 1.165) is 10.4 Å². The monoisotopic (exact) mass is 541 g/mol. The number of piperazine rings is 1. The van der Waals surface area contributed by atoms with Crippen molar-refractivity contribution in [2.75, 3.05) is 43.7 Å². The molecule has 37 heavy (non-hydrogen) atoms. The van der Waals surface area contributed by atoms with Crippen LogP contribution in [0.15, 0.2) is 48.5 Å². The fourth-order valence-electron chi connectivity index (χ4n) is 3.99. The lowest BCUT2D eigenvalue weighted by Crippen LogP contribution is -2.59. The van der Waals surface area contributed by atoms with Crippen LogP contribution in [0.1, 0.15) is 15.9 Å². The minimum absolute atomic E-state index is 0.00848. The maximum Gasteiger partial charge on any atom is 0.317 e. The van der Waals surface area contributed by atoms with Crippen molar-refractivity contribution < 1.29 is 35.9 Å². The number of nitrogens with zero attached hydrogens (tertiary/aromatic N) is 3.